The number of hydrogen-bond acceptors (Lipinski definition) is 1. The van der Waals surface area contributed by atoms with Gasteiger partial charge >= 0.3 is 0 Å². The maximum Gasteiger partial charge on any atom is 0.0649 e. The van der Waals surface area contributed by atoms with Crippen LogP contribution in [-0.4, -0.2) is 9.78 Å². The Balaban J connectivity index is 2.36. The molecule has 0 bridgehead atoms. The highest BCUT2D eigenvalue weighted by molar-refractivity contribution is 6.16. The minimum atomic E-state index is 0.179. The number of alkyl halides is 1. The van der Waals surface area contributed by atoms with Crippen molar-refractivity contribution < 1.29 is 0 Å². The summed E-state index contributed by atoms with van der Waals surface area (Å²) in [5, 5.41) is 4.28. The van der Waals surface area contributed by atoms with Gasteiger partial charge in [-0.3, -0.25) is 0 Å². The molecule has 0 atom stereocenters. The lowest BCUT2D eigenvalue weighted by atomic mass is 9.87. The Hall–Kier alpha value is -1.28. The smallest absolute Gasteiger partial charge is 0.0649 e. The molecule has 1 aromatic carbocycles. The third-order valence-corrected chi connectivity index (χ3v) is 3.11. The van der Waals surface area contributed by atoms with Crippen LogP contribution in [0.1, 0.15) is 32.0 Å². The van der Waals surface area contributed by atoms with Crippen molar-refractivity contribution in [2.75, 3.05) is 0 Å². The molecule has 2 nitrogen and oxygen atoms in total. The van der Waals surface area contributed by atoms with Crippen molar-refractivity contribution in [1.29, 1.82) is 0 Å². The predicted molar refractivity (Wildman–Crippen MR) is 71.8 cm³/mol. The van der Waals surface area contributed by atoms with Crippen LogP contribution in [0, 0.1) is 0 Å². The number of halogens is 1. The summed E-state index contributed by atoms with van der Waals surface area (Å²) in [6.07, 6.45) is 1.77. The SMILES string of the molecule is CC(C)(C)c1ccc(-n2nccc2CCl)cc1. The molecule has 0 spiro atoms. The molecule has 1 heterocycles. The van der Waals surface area contributed by atoms with Crippen LogP contribution in [0.2, 0.25) is 0 Å². The molecular weight excluding hydrogens is 232 g/mol. The van der Waals surface area contributed by atoms with Crippen LogP contribution in [0.15, 0.2) is 36.5 Å². The zero-order valence-corrected chi connectivity index (χ0v) is 11.2. The molecule has 0 unspecified atom stereocenters. The second-order valence-corrected chi connectivity index (χ2v) is 5.43. The fourth-order valence-corrected chi connectivity index (χ4v) is 1.97. The maximum atomic E-state index is 5.87. The summed E-state index contributed by atoms with van der Waals surface area (Å²) in [6.45, 7) is 6.63. The molecule has 2 aromatic rings. The summed E-state index contributed by atoms with van der Waals surface area (Å²) in [6, 6.07) is 10.4. The molecule has 1 aromatic heterocycles. The van der Waals surface area contributed by atoms with Crippen molar-refractivity contribution in [1.82, 2.24) is 9.78 Å². The van der Waals surface area contributed by atoms with Crippen molar-refractivity contribution in [3.63, 3.8) is 0 Å². The van der Waals surface area contributed by atoms with E-state index in [9.17, 15) is 0 Å². The van der Waals surface area contributed by atoms with E-state index in [1.54, 1.807) is 6.20 Å². The fraction of sp³-hybridized carbons (Fsp3) is 0.357. The number of rotatable bonds is 2. The first-order valence-corrected chi connectivity index (χ1v) is 6.25. The van der Waals surface area contributed by atoms with Crippen molar-refractivity contribution in [3.05, 3.63) is 47.8 Å². The summed E-state index contributed by atoms with van der Waals surface area (Å²) in [4.78, 5) is 0. The van der Waals surface area contributed by atoms with E-state index in [1.165, 1.54) is 5.56 Å². The second-order valence-electron chi connectivity index (χ2n) is 5.16. The first kappa shape index (κ1) is 12.2. The van der Waals surface area contributed by atoms with Crippen molar-refractivity contribution in [2.45, 2.75) is 32.1 Å². The average molecular weight is 249 g/mol. The molecule has 2 rings (SSSR count). The van der Waals surface area contributed by atoms with Crippen LogP contribution < -0.4 is 0 Å². The molecule has 0 aliphatic heterocycles. The van der Waals surface area contributed by atoms with Gasteiger partial charge in [-0.15, -0.1) is 11.6 Å². The lowest BCUT2D eigenvalue weighted by Gasteiger charge is -2.19. The van der Waals surface area contributed by atoms with Gasteiger partial charge < -0.3 is 0 Å². The Morgan fingerprint density at radius 1 is 1.12 bits per heavy atom. The lowest BCUT2D eigenvalue weighted by molar-refractivity contribution is 0.590. The first-order valence-electron chi connectivity index (χ1n) is 5.72. The van der Waals surface area contributed by atoms with Gasteiger partial charge in [-0.05, 0) is 29.2 Å². The third-order valence-electron chi connectivity index (χ3n) is 2.84. The minimum absolute atomic E-state index is 0.179. The molecule has 90 valence electrons. The number of aromatic nitrogens is 2. The molecule has 0 radical (unpaired) electrons. The van der Waals surface area contributed by atoms with Gasteiger partial charge in [0.25, 0.3) is 0 Å². The summed E-state index contributed by atoms with van der Waals surface area (Å²) < 4.78 is 1.87. The highest BCUT2D eigenvalue weighted by Gasteiger charge is 2.13. The van der Waals surface area contributed by atoms with Crippen LogP contribution >= 0.6 is 11.6 Å². The Morgan fingerprint density at radius 3 is 2.29 bits per heavy atom. The van der Waals surface area contributed by atoms with Crippen molar-refractivity contribution >= 4 is 11.6 Å². The predicted octanol–water partition coefficient (Wildman–Crippen LogP) is 3.91. The van der Waals surface area contributed by atoms with E-state index >= 15 is 0 Å². The Kier molecular flexibility index (Phi) is 3.25. The van der Waals surface area contributed by atoms with Gasteiger partial charge in [0, 0.05) is 6.20 Å². The van der Waals surface area contributed by atoms with Gasteiger partial charge in [-0.25, -0.2) is 4.68 Å². The lowest BCUT2D eigenvalue weighted by Crippen LogP contribution is -2.11. The molecule has 0 aliphatic carbocycles. The van der Waals surface area contributed by atoms with E-state index in [1.807, 2.05) is 10.7 Å². The summed E-state index contributed by atoms with van der Waals surface area (Å²) in [5.41, 5.74) is 3.56. The van der Waals surface area contributed by atoms with Crippen LogP contribution in [0.5, 0.6) is 0 Å². The molecule has 0 fully saturated rings. The van der Waals surface area contributed by atoms with Gasteiger partial charge in [0.15, 0.2) is 0 Å². The normalized spacial score (nSPS) is 11.8. The molecule has 0 saturated heterocycles. The Labute approximate surface area is 107 Å². The van der Waals surface area contributed by atoms with Gasteiger partial charge in [0.05, 0.1) is 17.3 Å². The fourth-order valence-electron chi connectivity index (χ4n) is 1.77. The van der Waals surface area contributed by atoms with Crippen LogP contribution in [0.25, 0.3) is 5.69 Å². The highest BCUT2D eigenvalue weighted by Crippen LogP contribution is 2.23. The zero-order chi connectivity index (χ0) is 12.5. The molecule has 0 N–H and O–H groups in total. The average Bonchev–Trinajstić information content (AvgIpc) is 2.76. The van der Waals surface area contributed by atoms with Crippen LogP contribution in [0.4, 0.5) is 0 Å². The standard InChI is InChI=1S/C14H17ClN2/c1-14(2,3)11-4-6-12(7-5-11)17-13(10-15)8-9-16-17/h4-9H,10H2,1-3H3. The van der Waals surface area contributed by atoms with Crippen molar-refractivity contribution in [3.8, 4) is 5.69 Å². The zero-order valence-electron chi connectivity index (χ0n) is 10.4. The van der Waals surface area contributed by atoms with E-state index in [2.05, 4.69) is 50.1 Å². The van der Waals surface area contributed by atoms with E-state index in [4.69, 9.17) is 11.6 Å². The molecule has 17 heavy (non-hydrogen) atoms. The van der Waals surface area contributed by atoms with E-state index in [0.717, 1.165) is 11.4 Å². The summed E-state index contributed by atoms with van der Waals surface area (Å²) >= 11 is 5.87. The monoisotopic (exact) mass is 248 g/mol. The molecule has 3 heteroatoms. The summed E-state index contributed by atoms with van der Waals surface area (Å²) in [7, 11) is 0. The Bertz CT molecular complexity index is 492. The van der Waals surface area contributed by atoms with E-state index in [0.29, 0.717) is 5.88 Å². The van der Waals surface area contributed by atoms with Crippen LogP contribution in [0.3, 0.4) is 0 Å². The van der Waals surface area contributed by atoms with Gasteiger partial charge in [-0.2, -0.15) is 5.10 Å². The quantitative estimate of drug-likeness (QED) is 0.737. The van der Waals surface area contributed by atoms with Gasteiger partial charge in [0.2, 0.25) is 0 Å². The van der Waals surface area contributed by atoms with Gasteiger partial charge in [0.1, 0.15) is 0 Å². The van der Waals surface area contributed by atoms with Crippen LogP contribution in [-0.2, 0) is 11.3 Å². The number of benzene rings is 1. The largest absolute Gasteiger partial charge is 0.237 e. The number of hydrogen-bond donors (Lipinski definition) is 0. The van der Waals surface area contributed by atoms with Gasteiger partial charge in [-0.1, -0.05) is 32.9 Å². The minimum Gasteiger partial charge on any atom is -0.237 e. The second kappa shape index (κ2) is 4.53. The first-order chi connectivity index (χ1) is 8.02. The third kappa shape index (κ3) is 2.52. The Morgan fingerprint density at radius 2 is 1.76 bits per heavy atom. The highest BCUT2D eigenvalue weighted by atomic mass is 35.5. The molecule has 0 aliphatic rings. The summed E-state index contributed by atoms with van der Waals surface area (Å²) in [5.74, 6) is 0.473. The van der Waals surface area contributed by atoms with E-state index < -0.39 is 0 Å². The maximum absolute atomic E-state index is 5.87. The van der Waals surface area contributed by atoms with E-state index in [-0.39, 0.29) is 5.41 Å². The van der Waals surface area contributed by atoms with Crippen molar-refractivity contribution in [2.24, 2.45) is 0 Å². The number of nitrogens with zero attached hydrogens (tertiary/aromatic N) is 2. The molecule has 0 saturated carbocycles. The topological polar surface area (TPSA) is 17.8 Å². The molecule has 0 amide bonds. The molecular formula is C14H17ClN2.